The Kier molecular flexibility index (Phi) is 6.94. The second-order valence-electron chi connectivity index (χ2n) is 6.86. The molecular formula is C17H27IO2Si. The Morgan fingerprint density at radius 1 is 1.29 bits per heavy atom. The molecule has 4 heteroatoms. The van der Waals surface area contributed by atoms with Gasteiger partial charge in [0.25, 0.3) is 0 Å². The van der Waals surface area contributed by atoms with E-state index in [0.717, 1.165) is 5.75 Å². The summed E-state index contributed by atoms with van der Waals surface area (Å²) in [5, 5.41) is 0.202. The summed E-state index contributed by atoms with van der Waals surface area (Å²) in [5.74, 6) is 0.903. The van der Waals surface area contributed by atoms with Gasteiger partial charge in [0.2, 0.25) is 0 Å². The molecule has 0 unspecified atom stereocenters. The minimum Gasteiger partial charge on any atom is -0.491 e. The fourth-order valence-electron chi connectivity index (χ4n) is 1.65. The van der Waals surface area contributed by atoms with Crippen LogP contribution in [0.4, 0.5) is 0 Å². The van der Waals surface area contributed by atoms with E-state index in [9.17, 15) is 0 Å². The van der Waals surface area contributed by atoms with Gasteiger partial charge in [0.15, 0.2) is 8.32 Å². The highest BCUT2D eigenvalue weighted by atomic mass is 127. The first-order valence-electron chi connectivity index (χ1n) is 7.30. The van der Waals surface area contributed by atoms with Crippen molar-refractivity contribution in [2.45, 2.75) is 51.9 Å². The maximum Gasteiger partial charge on any atom is 0.193 e. The van der Waals surface area contributed by atoms with Crippen molar-refractivity contribution in [3.05, 3.63) is 40.0 Å². The van der Waals surface area contributed by atoms with Crippen molar-refractivity contribution in [2.75, 3.05) is 6.61 Å². The predicted molar refractivity (Wildman–Crippen MR) is 102 cm³/mol. The summed E-state index contributed by atoms with van der Waals surface area (Å²) in [5.41, 5.74) is 1.21. The molecule has 1 aromatic rings. The Hall–Kier alpha value is -0.333. The van der Waals surface area contributed by atoms with Crippen LogP contribution in [-0.4, -0.2) is 21.0 Å². The van der Waals surface area contributed by atoms with Gasteiger partial charge in [-0.05, 0) is 52.9 Å². The lowest BCUT2D eigenvalue weighted by Gasteiger charge is -2.38. The molecule has 0 N–H and O–H groups in total. The third-order valence-corrected chi connectivity index (χ3v) is 8.86. The van der Waals surface area contributed by atoms with Crippen LogP contribution in [0.1, 0.15) is 26.3 Å². The third-order valence-electron chi connectivity index (χ3n) is 3.94. The number of hydrogen-bond acceptors (Lipinski definition) is 2. The van der Waals surface area contributed by atoms with E-state index in [1.54, 1.807) is 0 Å². The highest BCUT2D eigenvalue weighted by Gasteiger charge is 2.38. The van der Waals surface area contributed by atoms with Crippen LogP contribution in [0.5, 0.6) is 5.75 Å². The Morgan fingerprint density at radius 2 is 1.95 bits per heavy atom. The summed E-state index contributed by atoms with van der Waals surface area (Å²) < 4.78 is 14.3. The number of rotatable bonds is 6. The van der Waals surface area contributed by atoms with Crippen LogP contribution >= 0.6 is 22.6 Å². The second-order valence-corrected chi connectivity index (χ2v) is 12.3. The molecule has 0 fully saturated rings. The van der Waals surface area contributed by atoms with Crippen molar-refractivity contribution in [1.82, 2.24) is 0 Å². The van der Waals surface area contributed by atoms with E-state index >= 15 is 0 Å². The Balaban J connectivity index is 2.71. The quantitative estimate of drug-likeness (QED) is 0.435. The molecule has 0 aliphatic carbocycles. The number of benzene rings is 1. The average molecular weight is 418 g/mol. The Bertz CT molecular complexity index is 478. The van der Waals surface area contributed by atoms with Gasteiger partial charge in [0.05, 0.1) is 6.10 Å². The normalized spacial score (nSPS) is 14.4. The molecule has 0 aliphatic heterocycles. The Morgan fingerprint density at radius 3 is 2.48 bits per heavy atom. The zero-order chi connectivity index (χ0) is 16.1. The standard InChI is InChI=1S/C17H27IO2Si/c1-14-8-7-9-15(12-14)19-13-16(10-11-18)20-21(5,6)17(2,3)4/h7-12,16H,13H2,1-6H3/b11-10+/t16-/m1/s1. The SMILES string of the molecule is Cc1cccc(OC[C@@H](/C=C/I)O[Si](C)(C)C(C)(C)C)c1. The van der Waals surface area contributed by atoms with Crippen molar-refractivity contribution >= 4 is 30.9 Å². The van der Waals surface area contributed by atoms with Gasteiger partial charge >= 0.3 is 0 Å². The lowest BCUT2D eigenvalue weighted by Crippen LogP contribution is -2.44. The molecule has 0 saturated carbocycles. The smallest absolute Gasteiger partial charge is 0.193 e. The van der Waals surface area contributed by atoms with Gasteiger partial charge in [-0.1, -0.05) is 55.5 Å². The molecule has 0 radical (unpaired) electrons. The van der Waals surface area contributed by atoms with Crippen LogP contribution in [0.2, 0.25) is 18.1 Å². The number of halogens is 1. The highest BCUT2D eigenvalue weighted by molar-refractivity contribution is 14.1. The molecule has 0 spiro atoms. The summed E-state index contributed by atoms with van der Waals surface area (Å²) in [6.07, 6.45) is 2.08. The van der Waals surface area contributed by atoms with Gasteiger partial charge in [-0.15, -0.1) is 0 Å². The minimum absolute atomic E-state index is 0.00306. The molecule has 1 atom stereocenters. The van der Waals surface area contributed by atoms with Crippen LogP contribution in [0, 0.1) is 6.92 Å². The molecule has 1 aromatic carbocycles. The van der Waals surface area contributed by atoms with E-state index in [4.69, 9.17) is 9.16 Å². The van der Waals surface area contributed by atoms with Crippen molar-refractivity contribution in [3.63, 3.8) is 0 Å². The fraction of sp³-hybridized carbons (Fsp3) is 0.529. The molecule has 21 heavy (non-hydrogen) atoms. The lowest BCUT2D eigenvalue weighted by atomic mass is 10.2. The van der Waals surface area contributed by atoms with Crippen LogP contribution in [0.25, 0.3) is 0 Å². The predicted octanol–water partition coefficient (Wildman–Crippen LogP) is 5.71. The minimum atomic E-state index is -1.79. The monoisotopic (exact) mass is 418 g/mol. The number of hydrogen-bond donors (Lipinski definition) is 0. The van der Waals surface area contributed by atoms with Crippen molar-refractivity contribution in [3.8, 4) is 5.75 Å². The zero-order valence-electron chi connectivity index (χ0n) is 13.9. The number of aryl methyl sites for hydroxylation is 1. The number of ether oxygens (including phenoxy) is 1. The maximum absolute atomic E-state index is 6.42. The van der Waals surface area contributed by atoms with Gasteiger partial charge in [-0.25, -0.2) is 0 Å². The molecule has 0 amide bonds. The first kappa shape index (κ1) is 18.7. The van der Waals surface area contributed by atoms with E-state index < -0.39 is 8.32 Å². The van der Waals surface area contributed by atoms with E-state index in [1.807, 2.05) is 16.2 Å². The largest absolute Gasteiger partial charge is 0.491 e. The molecule has 118 valence electrons. The molecular weight excluding hydrogens is 391 g/mol. The second kappa shape index (κ2) is 7.79. The maximum atomic E-state index is 6.42. The molecule has 0 heterocycles. The summed E-state index contributed by atoms with van der Waals surface area (Å²) in [6, 6.07) is 8.13. The van der Waals surface area contributed by atoms with Crippen molar-refractivity contribution < 1.29 is 9.16 Å². The topological polar surface area (TPSA) is 18.5 Å². The van der Waals surface area contributed by atoms with E-state index in [2.05, 4.69) is 81.6 Å². The summed E-state index contributed by atoms with van der Waals surface area (Å²) >= 11 is 2.23. The van der Waals surface area contributed by atoms with Crippen LogP contribution in [0.15, 0.2) is 34.4 Å². The molecule has 0 aliphatic rings. The van der Waals surface area contributed by atoms with Gasteiger partial charge in [-0.3, -0.25) is 0 Å². The van der Waals surface area contributed by atoms with E-state index in [1.165, 1.54) is 5.56 Å². The lowest BCUT2D eigenvalue weighted by molar-refractivity contribution is 0.150. The van der Waals surface area contributed by atoms with Crippen LogP contribution < -0.4 is 4.74 Å². The van der Waals surface area contributed by atoms with E-state index in [-0.39, 0.29) is 11.1 Å². The van der Waals surface area contributed by atoms with Crippen molar-refractivity contribution in [2.24, 2.45) is 0 Å². The molecule has 2 nitrogen and oxygen atoms in total. The van der Waals surface area contributed by atoms with Gasteiger partial charge in [0.1, 0.15) is 12.4 Å². The van der Waals surface area contributed by atoms with Gasteiger partial charge < -0.3 is 9.16 Å². The average Bonchev–Trinajstić information content (AvgIpc) is 2.34. The summed E-state index contributed by atoms with van der Waals surface area (Å²) in [6.45, 7) is 13.9. The van der Waals surface area contributed by atoms with Gasteiger partial charge in [-0.2, -0.15) is 0 Å². The summed E-state index contributed by atoms with van der Waals surface area (Å²) in [7, 11) is -1.79. The van der Waals surface area contributed by atoms with Crippen LogP contribution in [0.3, 0.4) is 0 Å². The molecule has 0 bridgehead atoms. The van der Waals surface area contributed by atoms with Crippen LogP contribution in [-0.2, 0) is 4.43 Å². The van der Waals surface area contributed by atoms with E-state index in [0.29, 0.717) is 6.61 Å². The first-order valence-corrected chi connectivity index (χ1v) is 11.5. The first-order chi connectivity index (χ1) is 9.65. The zero-order valence-corrected chi connectivity index (χ0v) is 17.1. The molecule has 0 saturated heterocycles. The fourth-order valence-corrected chi connectivity index (χ4v) is 3.37. The molecule has 0 aromatic heterocycles. The van der Waals surface area contributed by atoms with Crippen molar-refractivity contribution in [1.29, 1.82) is 0 Å². The Labute approximate surface area is 144 Å². The highest BCUT2D eigenvalue weighted by Crippen LogP contribution is 2.37. The van der Waals surface area contributed by atoms with Gasteiger partial charge in [0, 0.05) is 0 Å². The summed E-state index contributed by atoms with van der Waals surface area (Å²) in [4.78, 5) is 0. The molecule has 1 rings (SSSR count). The third kappa shape index (κ3) is 6.12.